The largest absolute Gasteiger partial charge is 0.454 e. The molecular formula is C21H22N2O5. The number of hydrogen-bond donors (Lipinski definition) is 0. The number of nitrogens with zero attached hydrogens (tertiary/aromatic N) is 2. The molecule has 0 bridgehead atoms. The number of ketones is 1. The number of benzene rings is 1. The van der Waals surface area contributed by atoms with E-state index in [4.69, 9.17) is 4.74 Å². The Morgan fingerprint density at radius 3 is 2.39 bits per heavy atom. The topological polar surface area (TPSA) is 85.7 Å². The van der Waals surface area contributed by atoms with Gasteiger partial charge in [0.2, 0.25) is 5.78 Å². The molecule has 1 aliphatic rings. The summed E-state index contributed by atoms with van der Waals surface area (Å²) in [6.07, 6.45) is 0.952. The number of imide groups is 1. The van der Waals surface area contributed by atoms with Crippen molar-refractivity contribution in [1.29, 1.82) is 0 Å². The number of aromatic nitrogens is 1. The Morgan fingerprint density at radius 2 is 1.71 bits per heavy atom. The first kappa shape index (κ1) is 19.5. The lowest BCUT2D eigenvalue weighted by Crippen LogP contribution is -2.24. The maximum absolute atomic E-state index is 12.5. The van der Waals surface area contributed by atoms with E-state index < -0.39 is 17.8 Å². The van der Waals surface area contributed by atoms with Crippen LogP contribution in [-0.2, 0) is 11.3 Å². The molecule has 0 unspecified atom stereocenters. The Hall–Kier alpha value is -3.22. The molecule has 0 saturated carbocycles. The summed E-state index contributed by atoms with van der Waals surface area (Å²) in [5.41, 5.74) is 2.92. The first-order valence-electron chi connectivity index (χ1n) is 9.09. The number of carbonyl (C=O) groups is 4. The molecule has 146 valence electrons. The average Bonchev–Trinajstić information content (AvgIpc) is 3.09. The Kier molecular flexibility index (Phi) is 5.18. The summed E-state index contributed by atoms with van der Waals surface area (Å²) in [6.45, 7) is 6.30. The van der Waals surface area contributed by atoms with Gasteiger partial charge in [-0.15, -0.1) is 0 Å². The molecule has 3 rings (SSSR count). The highest BCUT2D eigenvalue weighted by Gasteiger charge is 2.33. The second kappa shape index (κ2) is 7.42. The van der Waals surface area contributed by atoms with E-state index in [2.05, 4.69) is 11.5 Å². The summed E-state index contributed by atoms with van der Waals surface area (Å²) in [7, 11) is 1.39. The van der Waals surface area contributed by atoms with Crippen LogP contribution in [0.5, 0.6) is 0 Å². The summed E-state index contributed by atoms with van der Waals surface area (Å²) >= 11 is 0. The minimum Gasteiger partial charge on any atom is -0.454 e. The second-order valence-corrected chi connectivity index (χ2v) is 6.87. The normalized spacial score (nSPS) is 13.1. The zero-order valence-corrected chi connectivity index (χ0v) is 16.4. The second-order valence-electron chi connectivity index (χ2n) is 6.87. The molecule has 0 aliphatic carbocycles. The molecule has 0 saturated heterocycles. The summed E-state index contributed by atoms with van der Waals surface area (Å²) in [5.74, 6) is -1.86. The van der Waals surface area contributed by atoms with Crippen molar-refractivity contribution in [3.05, 3.63) is 57.9 Å². The van der Waals surface area contributed by atoms with Crippen LogP contribution in [0.2, 0.25) is 0 Å². The Bertz CT molecular complexity index is 1000. The van der Waals surface area contributed by atoms with E-state index in [1.54, 1.807) is 6.07 Å². The fourth-order valence-electron chi connectivity index (χ4n) is 3.43. The molecule has 7 nitrogen and oxygen atoms in total. The lowest BCUT2D eigenvalue weighted by molar-refractivity contribution is 0.0474. The van der Waals surface area contributed by atoms with E-state index in [1.165, 1.54) is 25.2 Å². The van der Waals surface area contributed by atoms with Crippen LogP contribution in [0, 0.1) is 13.8 Å². The fourth-order valence-corrected chi connectivity index (χ4v) is 3.43. The van der Waals surface area contributed by atoms with Gasteiger partial charge in [-0.1, -0.05) is 6.92 Å². The number of rotatable bonds is 6. The molecule has 0 spiro atoms. The number of Topliss-reactive ketones (excluding diaryl/α,β-unsaturated/α-hetero) is 1. The van der Waals surface area contributed by atoms with Gasteiger partial charge in [0, 0.05) is 30.5 Å². The van der Waals surface area contributed by atoms with Crippen LogP contribution >= 0.6 is 0 Å². The summed E-state index contributed by atoms with van der Waals surface area (Å²) in [4.78, 5) is 49.8. The first-order chi connectivity index (χ1) is 13.3. The van der Waals surface area contributed by atoms with E-state index in [-0.39, 0.29) is 29.1 Å². The number of carbonyl (C=O) groups excluding carboxylic acids is 4. The Balaban J connectivity index is 1.72. The van der Waals surface area contributed by atoms with Crippen LogP contribution in [-0.4, -0.2) is 46.7 Å². The zero-order chi connectivity index (χ0) is 20.6. The standard InChI is InChI=1S/C21H22N2O5/c1-5-8-23-12(2)9-16(13(23)3)18(24)11-28-21(27)14-6-7-15-17(10-14)20(26)22(4)19(15)25/h6-7,9-10H,5,8,11H2,1-4H3. The average molecular weight is 382 g/mol. The predicted octanol–water partition coefficient (Wildman–Crippen LogP) is 2.78. The molecule has 0 radical (unpaired) electrons. The van der Waals surface area contributed by atoms with Gasteiger partial charge in [-0.25, -0.2) is 4.79 Å². The quantitative estimate of drug-likeness (QED) is 0.436. The highest BCUT2D eigenvalue weighted by molar-refractivity contribution is 6.21. The number of aryl methyl sites for hydroxylation is 1. The van der Waals surface area contributed by atoms with Gasteiger partial charge in [0.25, 0.3) is 11.8 Å². The summed E-state index contributed by atoms with van der Waals surface area (Å²) in [6, 6.07) is 5.98. The van der Waals surface area contributed by atoms with E-state index in [9.17, 15) is 19.2 Å². The van der Waals surface area contributed by atoms with Gasteiger partial charge >= 0.3 is 5.97 Å². The van der Waals surface area contributed by atoms with Gasteiger partial charge in [0.15, 0.2) is 6.61 Å². The van der Waals surface area contributed by atoms with E-state index in [1.807, 2.05) is 13.8 Å². The SMILES string of the molecule is CCCn1c(C)cc(C(=O)COC(=O)c2ccc3c(c2)C(=O)N(C)C3=O)c1C. The van der Waals surface area contributed by atoms with Crippen molar-refractivity contribution in [3.8, 4) is 0 Å². The first-order valence-corrected chi connectivity index (χ1v) is 9.09. The van der Waals surface area contributed by atoms with Crippen molar-refractivity contribution < 1.29 is 23.9 Å². The maximum atomic E-state index is 12.5. The van der Waals surface area contributed by atoms with Crippen LogP contribution < -0.4 is 0 Å². The highest BCUT2D eigenvalue weighted by Crippen LogP contribution is 2.23. The van der Waals surface area contributed by atoms with Crippen LogP contribution in [0.15, 0.2) is 24.3 Å². The van der Waals surface area contributed by atoms with E-state index in [0.717, 1.165) is 29.3 Å². The number of amides is 2. The van der Waals surface area contributed by atoms with Crippen molar-refractivity contribution in [3.63, 3.8) is 0 Å². The summed E-state index contributed by atoms with van der Waals surface area (Å²) < 4.78 is 7.21. The molecule has 0 fully saturated rings. The van der Waals surface area contributed by atoms with Crippen LogP contribution in [0.4, 0.5) is 0 Å². The van der Waals surface area contributed by atoms with Gasteiger partial charge in [-0.2, -0.15) is 0 Å². The number of ether oxygens (including phenoxy) is 1. The molecule has 1 aromatic heterocycles. The molecule has 7 heteroatoms. The molecule has 2 amide bonds. The number of fused-ring (bicyclic) bond motifs is 1. The third-order valence-corrected chi connectivity index (χ3v) is 4.98. The zero-order valence-electron chi connectivity index (χ0n) is 16.4. The minimum absolute atomic E-state index is 0.124. The van der Waals surface area contributed by atoms with E-state index >= 15 is 0 Å². The van der Waals surface area contributed by atoms with Crippen molar-refractivity contribution >= 4 is 23.6 Å². The highest BCUT2D eigenvalue weighted by atomic mass is 16.5. The molecule has 1 aromatic carbocycles. The number of hydrogen-bond acceptors (Lipinski definition) is 5. The minimum atomic E-state index is -0.715. The van der Waals surface area contributed by atoms with Gasteiger partial charge < -0.3 is 9.30 Å². The van der Waals surface area contributed by atoms with E-state index in [0.29, 0.717) is 5.56 Å². The molecule has 1 aliphatic heterocycles. The van der Waals surface area contributed by atoms with Gasteiger partial charge in [0.05, 0.1) is 16.7 Å². The third-order valence-electron chi connectivity index (χ3n) is 4.98. The monoisotopic (exact) mass is 382 g/mol. The van der Waals surface area contributed by atoms with Crippen molar-refractivity contribution in [2.45, 2.75) is 33.7 Å². The Labute approximate surface area is 162 Å². The number of esters is 1. The van der Waals surface area contributed by atoms with Crippen LogP contribution in [0.25, 0.3) is 0 Å². The smallest absolute Gasteiger partial charge is 0.338 e. The Morgan fingerprint density at radius 1 is 1.04 bits per heavy atom. The molecule has 28 heavy (non-hydrogen) atoms. The molecular weight excluding hydrogens is 360 g/mol. The van der Waals surface area contributed by atoms with Crippen molar-refractivity contribution in [2.75, 3.05) is 13.7 Å². The maximum Gasteiger partial charge on any atom is 0.338 e. The molecule has 0 atom stereocenters. The third kappa shape index (κ3) is 3.24. The van der Waals surface area contributed by atoms with Gasteiger partial charge in [-0.3, -0.25) is 19.3 Å². The molecule has 0 N–H and O–H groups in total. The van der Waals surface area contributed by atoms with Gasteiger partial charge in [0.1, 0.15) is 0 Å². The predicted molar refractivity (Wildman–Crippen MR) is 102 cm³/mol. The molecule has 2 aromatic rings. The molecule has 2 heterocycles. The van der Waals surface area contributed by atoms with Crippen molar-refractivity contribution in [1.82, 2.24) is 9.47 Å². The van der Waals surface area contributed by atoms with Gasteiger partial charge in [-0.05, 0) is 44.5 Å². The lowest BCUT2D eigenvalue weighted by atomic mass is 10.1. The fraction of sp³-hybridized carbons (Fsp3) is 0.333. The summed E-state index contributed by atoms with van der Waals surface area (Å²) in [5, 5.41) is 0. The lowest BCUT2D eigenvalue weighted by Gasteiger charge is -2.08. The van der Waals surface area contributed by atoms with Crippen molar-refractivity contribution in [2.24, 2.45) is 0 Å². The van der Waals surface area contributed by atoms with Crippen LogP contribution in [0.3, 0.4) is 0 Å². The van der Waals surface area contributed by atoms with Crippen LogP contribution in [0.1, 0.15) is 66.2 Å².